The van der Waals surface area contributed by atoms with Crippen molar-refractivity contribution < 1.29 is 58.9 Å². The number of carbonyl (C=O) groups excluding carboxylic acids is 4. The van der Waals surface area contributed by atoms with Crippen LogP contribution in [0.25, 0.3) is 10.8 Å². The third-order valence-electron chi connectivity index (χ3n) is 16.6. The van der Waals surface area contributed by atoms with Crippen LogP contribution in [0.15, 0.2) is 76.5 Å². The molecule has 3 aromatic carbocycles. The fourth-order valence-electron chi connectivity index (χ4n) is 11.7. The number of benzene rings is 3. The van der Waals surface area contributed by atoms with Gasteiger partial charge in [0.05, 0.1) is 34.8 Å². The van der Waals surface area contributed by atoms with Crippen molar-refractivity contribution in [2.24, 2.45) is 45.5 Å². The minimum Gasteiger partial charge on any atom is -0.507 e. The summed E-state index contributed by atoms with van der Waals surface area (Å²) >= 11 is 0. The number of carbonyl (C=O) groups is 4. The van der Waals surface area contributed by atoms with Gasteiger partial charge in [0, 0.05) is 113 Å². The van der Waals surface area contributed by atoms with E-state index in [0.717, 1.165) is 32.2 Å². The Balaban J connectivity index is 0.00000436. The zero-order chi connectivity index (χ0) is 57.1. The molecule has 5 bridgehead atoms. The summed E-state index contributed by atoms with van der Waals surface area (Å²) in [4.78, 5) is 73.7. The van der Waals surface area contributed by atoms with Crippen molar-refractivity contribution >= 4 is 45.7 Å². The number of amides is 2. The number of ketones is 1. The number of esters is 1. The number of anilines is 2. The van der Waals surface area contributed by atoms with Gasteiger partial charge in [-0.2, -0.15) is 0 Å². The Kier molecular flexibility index (Phi) is 18.5. The molecule has 2 amide bonds. The maximum absolute atomic E-state index is 14.9. The van der Waals surface area contributed by atoms with Crippen LogP contribution in [0.2, 0.25) is 0 Å². The van der Waals surface area contributed by atoms with Crippen LogP contribution in [-0.2, 0) is 23.9 Å². The van der Waals surface area contributed by atoms with Crippen LogP contribution in [0.4, 0.5) is 11.4 Å². The Morgan fingerprint density at radius 3 is 2.18 bits per heavy atom. The third-order valence-corrected chi connectivity index (χ3v) is 16.6. The molecule has 2 saturated heterocycles. The van der Waals surface area contributed by atoms with Crippen LogP contribution in [0, 0.1) is 42.4 Å². The quantitative estimate of drug-likeness (QED) is 0.0844. The number of Topliss-reactive ketones (excluding diaryl/α,β-unsaturated/α-hetero) is 1. The number of nitrogens with one attached hydrogen (secondary N) is 1. The standard InChI is InChI=1S/C59H78N6O11.CH4O/c1-32(2)31-64-28-24-59(25-29-64)61-45-42-43-50(68)38(8)53-44(42)54(70)58(10,76-53)74-30-16-19-34(4)52(75-57(73)39(9)56(72)65-26-22-41(23-27-65)63(11)40-20-13-12-14-21-40)37(7)49(67)36(6)48(66)33(3)17-15-18-35(5)55(71)60-47(51(43)69)46(45)62-59;1-2/h12-18,20-21,30,32-34,36-37,39,41,48-49,52,66-69H,19,22-29,31H2,1-11H3,(H,60,71);2H,1H3/b17-15+,30-16+,35-18-;/t33-,34+,36+,37+,39?,48-,49?,52?,58-;/m0./s1. The number of aromatic hydroxyl groups is 2. The molecule has 1 spiro atoms. The average molecular weight is 1080 g/mol. The molecule has 6 aliphatic rings. The Labute approximate surface area is 458 Å². The molecule has 3 aromatic rings. The maximum Gasteiger partial charge on any atom is 0.318 e. The number of hydrogen-bond donors (Lipinski definition) is 6. The number of hydrogen-bond acceptors (Lipinski definition) is 16. The van der Waals surface area contributed by atoms with Crippen LogP contribution >= 0.6 is 0 Å². The highest BCUT2D eigenvalue weighted by Gasteiger charge is 2.50. The van der Waals surface area contributed by atoms with E-state index in [2.05, 4.69) is 48.1 Å². The summed E-state index contributed by atoms with van der Waals surface area (Å²) in [7, 11) is 3.05. The smallest absolute Gasteiger partial charge is 0.318 e. The topological polar surface area (TPSA) is 244 Å². The summed E-state index contributed by atoms with van der Waals surface area (Å²) in [5.41, 5.74) is 0.488. The van der Waals surface area contributed by atoms with Crippen LogP contribution in [0.3, 0.4) is 0 Å². The van der Waals surface area contributed by atoms with Gasteiger partial charge in [-0.1, -0.05) is 78.0 Å². The predicted octanol–water partition coefficient (Wildman–Crippen LogP) is 6.48. The van der Waals surface area contributed by atoms with Gasteiger partial charge in [0.1, 0.15) is 34.6 Å². The lowest BCUT2D eigenvalue weighted by Crippen LogP contribution is -2.49. The van der Waals surface area contributed by atoms with Gasteiger partial charge in [-0.05, 0) is 70.1 Å². The number of piperidine rings is 2. The lowest BCUT2D eigenvalue weighted by Gasteiger charge is -2.39. The Morgan fingerprint density at radius 1 is 0.897 bits per heavy atom. The van der Waals surface area contributed by atoms with Crippen molar-refractivity contribution in [2.45, 2.75) is 137 Å². The molecule has 6 N–H and O–H groups in total. The minimum absolute atomic E-state index is 0.0377. The van der Waals surface area contributed by atoms with E-state index in [4.69, 9.17) is 29.3 Å². The molecule has 0 radical (unpaired) electrons. The molecule has 2 fully saturated rings. The molecule has 0 saturated carbocycles. The van der Waals surface area contributed by atoms with Crippen molar-refractivity contribution in [3.63, 3.8) is 0 Å². The fourth-order valence-corrected chi connectivity index (χ4v) is 11.7. The number of rotatable bonds is 7. The molecule has 0 aliphatic carbocycles. The molecule has 3 unspecified atom stereocenters. The number of nitrogens with zero attached hydrogens (tertiary/aromatic N) is 5. The molecule has 6 aliphatic heterocycles. The number of phenolic OH excluding ortho intramolecular Hbond substituents is 2. The lowest BCUT2D eigenvalue weighted by atomic mass is 9.79. The van der Waals surface area contributed by atoms with E-state index in [-0.39, 0.29) is 73.7 Å². The van der Waals surface area contributed by atoms with Gasteiger partial charge in [0.15, 0.2) is 11.4 Å². The summed E-state index contributed by atoms with van der Waals surface area (Å²) in [6, 6.07) is 10.3. The Bertz CT molecular complexity index is 2940. The molecule has 424 valence electrons. The van der Waals surface area contributed by atoms with Crippen molar-refractivity contribution in [1.29, 1.82) is 0 Å². The maximum atomic E-state index is 14.9. The number of ether oxygens (including phenoxy) is 3. The summed E-state index contributed by atoms with van der Waals surface area (Å²) in [5.74, 6) is -8.22. The number of fused-ring (bicyclic) bond motifs is 13. The number of aliphatic hydroxyl groups excluding tert-OH is 3. The van der Waals surface area contributed by atoms with Crippen molar-refractivity contribution in [1.82, 2.24) is 9.80 Å². The second-order valence-electron chi connectivity index (χ2n) is 22.7. The van der Waals surface area contributed by atoms with Crippen LogP contribution in [-0.4, -0.2) is 142 Å². The van der Waals surface area contributed by atoms with Gasteiger partial charge in [-0.25, -0.2) is 0 Å². The Hall–Kier alpha value is -6.34. The number of aliphatic hydroxyl groups is 3. The SMILES string of the molecule is C/C1=C/C=C/[C@H](C)[C@H](O)[C@@H](C)C(O)[C@@H](C)C(OC(=O)C(C)C(=O)N2CCC(N(C)c3ccccc3)CC2)[C@H](C)C/C=C/O[C@@]2(C)Oc3c(C)c(O)c4c(O)c(c5c(c4c3C2=O)=NC2(CCN(CC(C)C)CC2)N=5)NC1=O.CO. The first-order chi connectivity index (χ1) is 37.0. The van der Waals surface area contributed by atoms with E-state index in [1.54, 1.807) is 70.7 Å². The third kappa shape index (κ3) is 11.8. The van der Waals surface area contributed by atoms with E-state index >= 15 is 0 Å². The molecular formula is C60H82N6O12. The van der Waals surface area contributed by atoms with E-state index < -0.39 is 82.8 Å². The first-order valence-corrected chi connectivity index (χ1v) is 27.5. The van der Waals surface area contributed by atoms with E-state index in [1.165, 1.54) is 13.2 Å². The summed E-state index contributed by atoms with van der Waals surface area (Å²) in [6.07, 6.45) is 7.43. The van der Waals surface area contributed by atoms with Crippen molar-refractivity contribution in [2.75, 3.05) is 57.1 Å². The molecule has 6 heterocycles. The molecule has 78 heavy (non-hydrogen) atoms. The van der Waals surface area contributed by atoms with Crippen LogP contribution in [0.5, 0.6) is 17.2 Å². The highest BCUT2D eigenvalue weighted by atomic mass is 16.7. The average Bonchev–Trinajstić information content (AvgIpc) is 4.08. The summed E-state index contributed by atoms with van der Waals surface area (Å²) < 4.78 is 18.8. The zero-order valence-corrected chi connectivity index (χ0v) is 47.4. The van der Waals surface area contributed by atoms with Crippen molar-refractivity contribution in [3.05, 3.63) is 88.3 Å². The van der Waals surface area contributed by atoms with Gasteiger partial charge < -0.3 is 59.8 Å². The number of allylic oxidation sites excluding steroid dienone is 3. The largest absolute Gasteiger partial charge is 0.507 e. The fraction of sp³-hybridized carbons (Fsp3) is 0.567. The predicted molar refractivity (Wildman–Crippen MR) is 298 cm³/mol. The first-order valence-electron chi connectivity index (χ1n) is 27.5. The van der Waals surface area contributed by atoms with Gasteiger partial charge in [-0.15, -0.1) is 0 Å². The molecule has 18 heteroatoms. The molecule has 9 atom stereocenters. The first kappa shape index (κ1) is 59.3. The van der Waals surface area contributed by atoms with Crippen LogP contribution in [0.1, 0.15) is 110 Å². The molecule has 9 rings (SSSR count). The molecule has 18 nitrogen and oxygen atoms in total. The van der Waals surface area contributed by atoms with Gasteiger partial charge in [0.2, 0.25) is 5.91 Å². The number of para-hydroxylation sites is 1. The van der Waals surface area contributed by atoms with Crippen LogP contribution < -0.4 is 25.7 Å². The van der Waals surface area contributed by atoms with E-state index in [1.807, 2.05) is 25.1 Å². The molecular weight excluding hydrogens is 997 g/mol. The Morgan fingerprint density at radius 2 is 1.54 bits per heavy atom. The number of likely N-dealkylation sites (tertiary alicyclic amines) is 2. The number of phenols is 2. The van der Waals surface area contributed by atoms with E-state index in [0.29, 0.717) is 44.9 Å². The second-order valence-corrected chi connectivity index (χ2v) is 22.7. The lowest BCUT2D eigenvalue weighted by molar-refractivity contribution is -0.168. The summed E-state index contributed by atoms with van der Waals surface area (Å²) in [5, 5.41) is 58.1. The summed E-state index contributed by atoms with van der Waals surface area (Å²) in [6.45, 7) is 20.8. The monoisotopic (exact) mass is 1080 g/mol. The zero-order valence-electron chi connectivity index (χ0n) is 47.4. The highest BCUT2D eigenvalue weighted by Crippen LogP contribution is 2.50. The highest BCUT2D eigenvalue weighted by molar-refractivity contribution is 6.19. The van der Waals surface area contributed by atoms with Gasteiger partial charge in [-0.3, -0.25) is 29.2 Å². The minimum atomic E-state index is -1.96. The normalized spacial score (nSPS) is 28.7. The van der Waals surface area contributed by atoms with E-state index in [9.17, 15) is 39.6 Å². The molecule has 0 aromatic heterocycles. The van der Waals surface area contributed by atoms with Crippen molar-refractivity contribution in [3.8, 4) is 17.2 Å². The van der Waals surface area contributed by atoms with Gasteiger partial charge >= 0.3 is 11.8 Å². The second kappa shape index (κ2) is 24.4. The van der Waals surface area contributed by atoms with Gasteiger partial charge in [0.25, 0.3) is 11.7 Å².